The number of ketones is 1. The normalized spacial score (nSPS) is 25.3. The summed E-state index contributed by atoms with van der Waals surface area (Å²) in [5.41, 5.74) is 3.59. The Hall–Kier alpha value is -2.80. The number of esters is 1. The van der Waals surface area contributed by atoms with Crippen molar-refractivity contribution in [2.45, 2.75) is 51.0 Å². The largest absolute Gasteiger partial charge is 0.459 e. The van der Waals surface area contributed by atoms with E-state index in [2.05, 4.69) is 5.32 Å². The predicted molar refractivity (Wildman–Crippen MR) is 107 cm³/mol. The van der Waals surface area contributed by atoms with Gasteiger partial charge in [0.15, 0.2) is 17.3 Å². The van der Waals surface area contributed by atoms with Gasteiger partial charge in [-0.3, -0.25) is 4.79 Å². The van der Waals surface area contributed by atoms with Crippen molar-refractivity contribution in [3.8, 4) is 11.5 Å². The fourth-order valence-electron chi connectivity index (χ4n) is 4.70. The van der Waals surface area contributed by atoms with Gasteiger partial charge in [0.1, 0.15) is 6.61 Å². The van der Waals surface area contributed by atoms with Gasteiger partial charge < -0.3 is 24.3 Å². The van der Waals surface area contributed by atoms with E-state index in [9.17, 15) is 9.59 Å². The lowest BCUT2D eigenvalue weighted by molar-refractivity contribution is -0.142. The van der Waals surface area contributed by atoms with Crippen LogP contribution in [0.1, 0.15) is 50.5 Å². The molecular formula is C23H25NO6. The quantitative estimate of drug-likeness (QED) is 0.762. The maximum Gasteiger partial charge on any atom is 0.336 e. The minimum Gasteiger partial charge on any atom is -0.459 e. The van der Waals surface area contributed by atoms with Crippen molar-refractivity contribution in [1.29, 1.82) is 0 Å². The lowest BCUT2D eigenvalue weighted by atomic mass is 9.75. The molecule has 2 atom stereocenters. The van der Waals surface area contributed by atoms with Crippen molar-refractivity contribution in [2.24, 2.45) is 0 Å². The molecular weight excluding hydrogens is 386 g/mol. The molecule has 3 heterocycles. The first-order valence-corrected chi connectivity index (χ1v) is 10.5. The number of allylic oxidation sites excluding steroid dienone is 3. The summed E-state index contributed by atoms with van der Waals surface area (Å²) in [6, 6.07) is 5.60. The molecule has 3 aliphatic heterocycles. The summed E-state index contributed by atoms with van der Waals surface area (Å²) in [6.45, 7) is 2.97. The van der Waals surface area contributed by atoms with Crippen molar-refractivity contribution in [1.82, 2.24) is 5.32 Å². The van der Waals surface area contributed by atoms with Crippen LogP contribution in [0.3, 0.4) is 0 Å². The number of hydrogen-bond donors (Lipinski definition) is 1. The molecule has 1 fully saturated rings. The number of fused-ring (bicyclic) bond motifs is 1. The predicted octanol–water partition coefficient (Wildman–Crippen LogP) is 3.11. The molecule has 7 nitrogen and oxygen atoms in total. The molecule has 1 aromatic rings. The van der Waals surface area contributed by atoms with Gasteiger partial charge in [0.05, 0.1) is 11.7 Å². The van der Waals surface area contributed by atoms with E-state index in [0.29, 0.717) is 35.7 Å². The first-order valence-electron chi connectivity index (χ1n) is 10.5. The van der Waals surface area contributed by atoms with Crippen LogP contribution in [0.15, 0.2) is 40.7 Å². The number of carbonyl (C=O) groups is 2. The van der Waals surface area contributed by atoms with Gasteiger partial charge in [-0.15, -0.1) is 0 Å². The molecule has 0 bridgehead atoms. The molecule has 30 heavy (non-hydrogen) atoms. The Balaban J connectivity index is 1.51. The van der Waals surface area contributed by atoms with Crippen LogP contribution in [-0.4, -0.2) is 37.9 Å². The minimum absolute atomic E-state index is 0.0542. The van der Waals surface area contributed by atoms with Gasteiger partial charge in [0, 0.05) is 35.9 Å². The van der Waals surface area contributed by atoms with E-state index in [1.54, 1.807) is 0 Å². The SMILES string of the molecule is CC1=C(C(=O)OC[C@@H]2CCCO2)[C@@H](c2ccc3c(c2)OCO3)C2=C(CCCC2=O)N1. The number of rotatable bonds is 4. The number of hydrogen-bond acceptors (Lipinski definition) is 7. The van der Waals surface area contributed by atoms with E-state index in [4.69, 9.17) is 18.9 Å². The molecule has 7 heteroatoms. The Morgan fingerprint density at radius 1 is 1.20 bits per heavy atom. The van der Waals surface area contributed by atoms with Gasteiger partial charge in [0.25, 0.3) is 0 Å². The molecule has 1 saturated heterocycles. The monoisotopic (exact) mass is 411 g/mol. The number of nitrogens with one attached hydrogen (secondary N) is 1. The third-order valence-corrected chi connectivity index (χ3v) is 6.15. The number of dihydropyridines is 1. The molecule has 1 N–H and O–H groups in total. The maximum absolute atomic E-state index is 13.2. The highest BCUT2D eigenvalue weighted by Crippen LogP contribution is 2.45. The lowest BCUT2D eigenvalue weighted by Crippen LogP contribution is -2.35. The summed E-state index contributed by atoms with van der Waals surface area (Å²) in [5.74, 6) is 0.466. The summed E-state index contributed by atoms with van der Waals surface area (Å²) < 4.78 is 22.2. The zero-order valence-electron chi connectivity index (χ0n) is 17.0. The first kappa shape index (κ1) is 19.2. The van der Waals surface area contributed by atoms with Crippen LogP contribution in [0.4, 0.5) is 0 Å². The fraction of sp³-hybridized carbons (Fsp3) is 0.478. The van der Waals surface area contributed by atoms with Gasteiger partial charge in [-0.1, -0.05) is 6.07 Å². The third-order valence-electron chi connectivity index (χ3n) is 6.15. The highest BCUT2D eigenvalue weighted by Gasteiger charge is 2.39. The number of benzene rings is 1. The van der Waals surface area contributed by atoms with Gasteiger partial charge in [-0.2, -0.15) is 0 Å². The van der Waals surface area contributed by atoms with Crippen LogP contribution in [0.5, 0.6) is 11.5 Å². The summed E-state index contributed by atoms with van der Waals surface area (Å²) in [6.07, 6.45) is 3.90. The Kier molecular flexibility index (Phi) is 4.98. The minimum atomic E-state index is -0.486. The molecule has 0 saturated carbocycles. The highest BCUT2D eigenvalue weighted by molar-refractivity contribution is 6.03. The number of ether oxygens (including phenoxy) is 4. The van der Waals surface area contributed by atoms with E-state index < -0.39 is 11.9 Å². The number of carbonyl (C=O) groups excluding carboxylic acids is 2. The van der Waals surface area contributed by atoms with Crippen molar-refractivity contribution in [3.63, 3.8) is 0 Å². The molecule has 1 aromatic carbocycles. The van der Waals surface area contributed by atoms with Crippen molar-refractivity contribution >= 4 is 11.8 Å². The molecule has 4 aliphatic rings. The Bertz CT molecular complexity index is 956. The molecule has 0 spiro atoms. The van der Waals surface area contributed by atoms with Gasteiger partial charge in [0.2, 0.25) is 6.79 Å². The molecule has 0 unspecified atom stereocenters. The Morgan fingerprint density at radius 3 is 2.90 bits per heavy atom. The van der Waals surface area contributed by atoms with E-state index in [1.807, 2.05) is 25.1 Å². The van der Waals surface area contributed by atoms with E-state index >= 15 is 0 Å². The summed E-state index contributed by atoms with van der Waals surface area (Å²) in [5, 5.41) is 3.31. The first-order chi connectivity index (χ1) is 14.6. The van der Waals surface area contributed by atoms with E-state index in [-0.39, 0.29) is 25.3 Å². The van der Waals surface area contributed by atoms with Crippen LogP contribution < -0.4 is 14.8 Å². The smallest absolute Gasteiger partial charge is 0.336 e. The second-order valence-corrected chi connectivity index (χ2v) is 8.11. The summed E-state index contributed by atoms with van der Waals surface area (Å²) in [4.78, 5) is 26.1. The zero-order valence-corrected chi connectivity index (χ0v) is 17.0. The van der Waals surface area contributed by atoms with Crippen LogP contribution in [0.25, 0.3) is 0 Å². The molecule has 0 radical (unpaired) electrons. The number of Topliss-reactive ketones (excluding diaryl/α,β-unsaturated/α-hetero) is 1. The Morgan fingerprint density at radius 2 is 2.07 bits per heavy atom. The van der Waals surface area contributed by atoms with Gasteiger partial charge in [-0.05, 0) is 50.3 Å². The lowest BCUT2D eigenvalue weighted by Gasteiger charge is -2.34. The van der Waals surface area contributed by atoms with Crippen molar-refractivity contribution in [2.75, 3.05) is 20.0 Å². The van der Waals surface area contributed by atoms with E-state index in [0.717, 1.165) is 42.6 Å². The Labute approximate surface area is 175 Å². The zero-order chi connectivity index (χ0) is 20.7. The van der Waals surface area contributed by atoms with Gasteiger partial charge in [-0.25, -0.2) is 4.79 Å². The summed E-state index contributed by atoms with van der Waals surface area (Å²) >= 11 is 0. The van der Waals surface area contributed by atoms with Crippen molar-refractivity contribution < 1.29 is 28.5 Å². The average molecular weight is 411 g/mol. The van der Waals surface area contributed by atoms with Crippen LogP contribution in [-0.2, 0) is 19.1 Å². The standard InChI is InChI=1S/C23H25NO6/c1-13-20(23(26)28-11-15-4-3-9-27-15)21(22-16(24-13)5-2-6-17(22)25)14-7-8-18-19(10-14)30-12-29-18/h7-8,10,15,21,24H,2-6,9,11-12H2,1H3/t15-,21+/m0/s1. The molecule has 1 aliphatic carbocycles. The summed E-state index contributed by atoms with van der Waals surface area (Å²) in [7, 11) is 0. The molecule has 0 amide bonds. The topological polar surface area (TPSA) is 83.1 Å². The van der Waals surface area contributed by atoms with E-state index in [1.165, 1.54) is 0 Å². The van der Waals surface area contributed by atoms with Crippen molar-refractivity contribution in [3.05, 3.63) is 46.3 Å². The average Bonchev–Trinajstić information content (AvgIpc) is 3.42. The van der Waals surface area contributed by atoms with Gasteiger partial charge >= 0.3 is 5.97 Å². The highest BCUT2D eigenvalue weighted by atomic mass is 16.7. The third kappa shape index (κ3) is 3.37. The molecule has 5 rings (SSSR count). The second-order valence-electron chi connectivity index (χ2n) is 8.11. The molecule has 0 aromatic heterocycles. The van der Waals surface area contributed by atoms with Crippen LogP contribution in [0.2, 0.25) is 0 Å². The fourth-order valence-corrected chi connectivity index (χ4v) is 4.70. The molecule has 158 valence electrons. The second kappa shape index (κ2) is 7.80. The van der Waals surface area contributed by atoms with Crippen LogP contribution >= 0.6 is 0 Å². The van der Waals surface area contributed by atoms with Crippen LogP contribution in [0, 0.1) is 0 Å². The maximum atomic E-state index is 13.2.